The van der Waals surface area contributed by atoms with Crippen molar-refractivity contribution in [3.05, 3.63) is 51.2 Å². The average molecular weight is 376 g/mol. The summed E-state index contributed by atoms with van der Waals surface area (Å²) in [6, 6.07) is 5.76. The van der Waals surface area contributed by atoms with Crippen LogP contribution in [-0.4, -0.2) is 47.9 Å². The van der Waals surface area contributed by atoms with E-state index < -0.39 is 22.8 Å². The molecular weight excluding hydrogens is 356 g/mol. The van der Waals surface area contributed by atoms with Crippen LogP contribution in [0.1, 0.15) is 31.7 Å². The highest BCUT2D eigenvalue weighted by Crippen LogP contribution is 2.37. The minimum atomic E-state index is -0.705. The maximum Gasteiger partial charge on any atom is 0.336 e. The van der Waals surface area contributed by atoms with Crippen LogP contribution >= 0.6 is 0 Å². The van der Waals surface area contributed by atoms with Crippen LogP contribution in [0.15, 0.2) is 35.5 Å². The Bertz CT molecular complexity index is 816. The molecule has 1 amide bonds. The van der Waals surface area contributed by atoms with Crippen LogP contribution in [0.25, 0.3) is 0 Å². The van der Waals surface area contributed by atoms with Crippen molar-refractivity contribution in [2.75, 3.05) is 20.3 Å². The summed E-state index contributed by atoms with van der Waals surface area (Å²) in [4.78, 5) is 48.4. The Morgan fingerprint density at radius 1 is 1.37 bits per heavy atom. The number of nitro benzene ring substituents is 1. The van der Waals surface area contributed by atoms with Crippen LogP contribution in [0.5, 0.6) is 0 Å². The number of hydrogen-bond acceptors (Lipinski definition) is 7. The number of allylic oxidation sites excluding steroid dienone is 1. The van der Waals surface area contributed by atoms with Gasteiger partial charge in [-0.25, -0.2) is 4.79 Å². The lowest BCUT2D eigenvalue weighted by molar-refractivity contribution is -0.384. The second-order valence-electron chi connectivity index (χ2n) is 5.88. The van der Waals surface area contributed by atoms with Crippen molar-refractivity contribution in [1.29, 1.82) is 0 Å². The molecule has 0 radical (unpaired) electrons. The van der Waals surface area contributed by atoms with Crippen molar-refractivity contribution in [3.8, 4) is 0 Å². The zero-order valence-electron chi connectivity index (χ0n) is 15.3. The van der Waals surface area contributed by atoms with Gasteiger partial charge < -0.3 is 14.4 Å². The molecule has 1 aliphatic heterocycles. The largest absolute Gasteiger partial charge is 0.466 e. The molecule has 2 rings (SSSR count). The van der Waals surface area contributed by atoms with Crippen LogP contribution in [0.4, 0.5) is 5.69 Å². The molecule has 1 aromatic carbocycles. The topological polar surface area (TPSA) is 116 Å². The second-order valence-corrected chi connectivity index (χ2v) is 5.88. The van der Waals surface area contributed by atoms with E-state index >= 15 is 0 Å². The number of methoxy groups -OCH3 is 1. The Hall–Kier alpha value is -3.23. The van der Waals surface area contributed by atoms with Crippen LogP contribution in [-0.2, 0) is 23.9 Å². The summed E-state index contributed by atoms with van der Waals surface area (Å²) in [5.41, 5.74) is 0.758. The van der Waals surface area contributed by atoms with E-state index in [0.29, 0.717) is 5.56 Å². The molecule has 9 heteroatoms. The summed E-state index contributed by atoms with van der Waals surface area (Å²) < 4.78 is 9.71. The fraction of sp³-hybridized carbons (Fsp3) is 0.389. The lowest BCUT2D eigenvalue weighted by Crippen LogP contribution is -2.41. The number of non-ortho nitro benzene ring substituents is 1. The highest BCUT2D eigenvalue weighted by molar-refractivity contribution is 5.96. The van der Waals surface area contributed by atoms with Crippen LogP contribution in [0.2, 0.25) is 0 Å². The van der Waals surface area contributed by atoms with E-state index in [-0.39, 0.29) is 42.4 Å². The monoisotopic (exact) mass is 376 g/mol. The molecule has 0 aliphatic carbocycles. The summed E-state index contributed by atoms with van der Waals surface area (Å²) in [5.74, 6) is -2.35. The minimum absolute atomic E-state index is 0.123. The van der Waals surface area contributed by atoms with Gasteiger partial charge >= 0.3 is 11.9 Å². The normalized spacial score (nSPS) is 16.9. The Morgan fingerprint density at radius 2 is 2.07 bits per heavy atom. The maximum atomic E-state index is 12.6. The second kappa shape index (κ2) is 8.43. The van der Waals surface area contributed by atoms with Gasteiger partial charge in [0.25, 0.3) is 5.69 Å². The van der Waals surface area contributed by atoms with Gasteiger partial charge in [0.1, 0.15) is 6.54 Å². The Labute approximate surface area is 155 Å². The number of amides is 1. The highest BCUT2D eigenvalue weighted by atomic mass is 16.6. The van der Waals surface area contributed by atoms with Gasteiger partial charge in [-0.05, 0) is 19.4 Å². The number of esters is 2. The van der Waals surface area contributed by atoms with Crippen LogP contribution < -0.4 is 0 Å². The van der Waals surface area contributed by atoms with E-state index in [4.69, 9.17) is 9.47 Å². The van der Waals surface area contributed by atoms with Crippen LogP contribution in [0.3, 0.4) is 0 Å². The molecule has 1 atom stereocenters. The summed E-state index contributed by atoms with van der Waals surface area (Å²) in [6.45, 7) is 3.04. The first-order valence-corrected chi connectivity index (χ1v) is 8.29. The number of carbonyl (C=O) groups excluding carboxylic acids is 3. The molecule has 1 unspecified atom stereocenters. The lowest BCUT2D eigenvalue weighted by Gasteiger charge is -2.33. The van der Waals surface area contributed by atoms with Crippen molar-refractivity contribution < 1.29 is 28.8 Å². The third-order valence-corrected chi connectivity index (χ3v) is 4.30. The number of ether oxygens (including phenoxy) is 2. The molecule has 0 N–H and O–H groups in total. The number of nitrogens with zero attached hydrogens (tertiary/aromatic N) is 2. The van der Waals surface area contributed by atoms with Crippen molar-refractivity contribution in [2.24, 2.45) is 0 Å². The first-order chi connectivity index (χ1) is 12.8. The molecule has 0 aromatic heterocycles. The van der Waals surface area contributed by atoms with Crippen LogP contribution in [0, 0.1) is 10.1 Å². The average Bonchev–Trinajstić information content (AvgIpc) is 2.64. The summed E-state index contributed by atoms with van der Waals surface area (Å²) in [6.07, 6.45) is -0.123. The first kappa shape index (κ1) is 20.1. The minimum Gasteiger partial charge on any atom is -0.466 e. The molecule has 1 aromatic rings. The summed E-state index contributed by atoms with van der Waals surface area (Å²) in [7, 11) is 1.21. The van der Waals surface area contributed by atoms with Gasteiger partial charge in [0, 0.05) is 30.2 Å². The third kappa shape index (κ3) is 4.30. The SMILES string of the molecule is CCOC(=O)CN1C(=O)CC(c2cccc([N+](=O)[O-])c2)C(C(=O)OC)=C1C. The predicted octanol–water partition coefficient (Wildman–Crippen LogP) is 1.92. The predicted molar refractivity (Wildman–Crippen MR) is 93.5 cm³/mol. The fourth-order valence-corrected chi connectivity index (χ4v) is 3.05. The van der Waals surface area contributed by atoms with Gasteiger partial charge in [-0.3, -0.25) is 19.7 Å². The van der Waals surface area contributed by atoms with E-state index in [2.05, 4.69) is 0 Å². The Morgan fingerprint density at radius 3 is 2.67 bits per heavy atom. The molecule has 0 fully saturated rings. The van der Waals surface area contributed by atoms with Gasteiger partial charge in [-0.2, -0.15) is 0 Å². The summed E-state index contributed by atoms with van der Waals surface area (Å²) in [5, 5.41) is 11.0. The van der Waals surface area contributed by atoms with E-state index in [0.717, 1.165) is 0 Å². The van der Waals surface area contributed by atoms with Gasteiger partial charge in [0.15, 0.2) is 0 Å². The molecule has 1 aliphatic rings. The van der Waals surface area contributed by atoms with E-state index in [1.165, 1.54) is 37.1 Å². The van der Waals surface area contributed by atoms with Gasteiger partial charge in [-0.15, -0.1) is 0 Å². The lowest BCUT2D eigenvalue weighted by atomic mass is 9.83. The number of rotatable bonds is 6. The molecule has 27 heavy (non-hydrogen) atoms. The standard InChI is InChI=1S/C18H20N2O7/c1-4-27-16(22)10-19-11(2)17(18(23)26-3)14(9-15(19)21)12-6-5-7-13(8-12)20(24)25/h5-8,14H,4,9-10H2,1-3H3. The molecule has 0 saturated heterocycles. The molecule has 144 valence electrons. The van der Waals surface area contributed by atoms with Crippen molar-refractivity contribution in [3.63, 3.8) is 0 Å². The number of nitro groups is 1. The molecule has 1 heterocycles. The van der Waals surface area contributed by atoms with E-state index in [1.54, 1.807) is 13.0 Å². The molecule has 0 saturated carbocycles. The van der Waals surface area contributed by atoms with E-state index in [1.807, 2.05) is 0 Å². The third-order valence-electron chi connectivity index (χ3n) is 4.30. The van der Waals surface area contributed by atoms with Gasteiger partial charge in [0.2, 0.25) is 5.91 Å². The molecule has 0 spiro atoms. The van der Waals surface area contributed by atoms with Gasteiger partial charge in [-0.1, -0.05) is 12.1 Å². The maximum absolute atomic E-state index is 12.6. The quantitative estimate of drug-likeness (QED) is 0.423. The van der Waals surface area contributed by atoms with Crippen molar-refractivity contribution in [1.82, 2.24) is 4.90 Å². The van der Waals surface area contributed by atoms with Crippen molar-refractivity contribution in [2.45, 2.75) is 26.2 Å². The number of carbonyl (C=O) groups is 3. The van der Waals surface area contributed by atoms with E-state index in [9.17, 15) is 24.5 Å². The molecule has 9 nitrogen and oxygen atoms in total. The fourth-order valence-electron chi connectivity index (χ4n) is 3.05. The number of hydrogen-bond donors (Lipinski definition) is 0. The summed E-state index contributed by atoms with van der Waals surface area (Å²) >= 11 is 0. The Balaban J connectivity index is 2.50. The highest BCUT2D eigenvalue weighted by Gasteiger charge is 2.37. The Kier molecular flexibility index (Phi) is 6.27. The first-order valence-electron chi connectivity index (χ1n) is 8.29. The zero-order chi connectivity index (χ0) is 20.1. The molecule has 0 bridgehead atoms. The molecular formula is C18H20N2O7. The van der Waals surface area contributed by atoms with Crippen molar-refractivity contribution >= 4 is 23.5 Å². The number of benzene rings is 1. The van der Waals surface area contributed by atoms with Gasteiger partial charge in [0.05, 0.1) is 24.2 Å². The smallest absolute Gasteiger partial charge is 0.336 e. The zero-order valence-corrected chi connectivity index (χ0v) is 15.3.